The summed E-state index contributed by atoms with van der Waals surface area (Å²) in [5.41, 5.74) is 5.92. The lowest BCUT2D eigenvalue weighted by Crippen LogP contribution is -2.38. The second-order valence-electron chi connectivity index (χ2n) is 7.25. The van der Waals surface area contributed by atoms with Gasteiger partial charge in [-0.25, -0.2) is 0 Å². The molecular formula is C20H28F3NO3. The van der Waals surface area contributed by atoms with Gasteiger partial charge < -0.3 is 15.2 Å². The Kier molecular flexibility index (Phi) is 7.68. The summed E-state index contributed by atoms with van der Waals surface area (Å²) in [7, 11) is 0. The van der Waals surface area contributed by atoms with E-state index >= 15 is 0 Å². The molecule has 1 fully saturated rings. The molecule has 7 heteroatoms. The average molecular weight is 387 g/mol. The fraction of sp³-hybridized carbons (Fsp3) is 0.650. The molecule has 1 aromatic rings. The first-order chi connectivity index (χ1) is 12.7. The van der Waals surface area contributed by atoms with E-state index in [0.29, 0.717) is 13.0 Å². The zero-order valence-electron chi connectivity index (χ0n) is 15.8. The smallest absolute Gasteiger partial charge is 0.416 e. The molecule has 2 rings (SSSR count). The van der Waals surface area contributed by atoms with E-state index in [1.54, 1.807) is 0 Å². The molecule has 0 aromatic heterocycles. The quantitative estimate of drug-likeness (QED) is 0.777. The molecule has 0 spiro atoms. The minimum absolute atomic E-state index is 0.0291. The van der Waals surface area contributed by atoms with Crippen molar-refractivity contribution in [3.63, 3.8) is 0 Å². The maximum Gasteiger partial charge on any atom is 0.416 e. The van der Waals surface area contributed by atoms with Crippen LogP contribution in [-0.4, -0.2) is 31.3 Å². The molecule has 0 unspecified atom stereocenters. The highest BCUT2D eigenvalue weighted by Gasteiger charge is 2.33. The van der Waals surface area contributed by atoms with Crippen molar-refractivity contribution in [1.29, 1.82) is 0 Å². The Morgan fingerprint density at radius 1 is 1.19 bits per heavy atom. The van der Waals surface area contributed by atoms with E-state index in [2.05, 4.69) is 6.92 Å². The molecular weight excluding hydrogens is 359 g/mol. The first-order valence-corrected chi connectivity index (χ1v) is 9.42. The average Bonchev–Trinajstić information content (AvgIpc) is 2.64. The van der Waals surface area contributed by atoms with Crippen LogP contribution in [0, 0.1) is 11.8 Å². The Hall–Kier alpha value is -1.60. The van der Waals surface area contributed by atoms with Crippen molar-refractivity contribution in [2.75, 3.05) is 13.2 Å². The number of ether oxygens (including phenoxy) is 2. The van der Waals surface area contributed by atoms with Gasteiger partial charge in [-0.2, -0.15) is 13.2 Å². The van der Waals surface area contributed by atoms with Gasteiger partial charge in [0.1, 0.15) is 12.1 Å². The van der Waals surface area contributed by atoms with E-state index in [1.165, 1.54) is 12.1 Å². The molecule has 152 valence electrons. The number of carbonyl (C=O) groups is 1. The van der Waals surface area contributed by atoms with Gasteiger partial charge in [-0.1, -0.05) is 31.9 Å². The molecule has 0 aliphatic carbocycles. The van der Waals surface area contributed by atoms with Crippen LogP contribution in [0.4, 0.5) is 13.2 Å². The molecule has 1 aliphatic heterocycles. The monoisotopic (exact) mass is 387 g/mol. The maximum absolute atomic E-state index is 12.8. The summed E-state index contributed by atoms with van der Waals surface area (Å²) < 4.78 is 49.5. The zero-order valence-corrected chi connectivity index (χ0v) is 15.8. The summed E-state index contributed by atoms with van der Waals surface area (Å²) in [4.78, 5) is 12.0. The summed E-state index contributed by atoms with van der Waals surface area (Å²) in [6, 6.07) is 4.41. The SMILES string of the molecule is CCCC[C@@H]1[C@@H](Cc2ccc(C(F)(F)F)cc2)COC[C@H](N)C(=O)O[C@H]1C. The van der Waals surface area contributed by atoms with Gasteiger partial charge in [0.25, 0.3) is 0 Å². The molecule has 2 N–H and O–H groups in total. The molecule has 4 atom stereocenters. The van der Waals surface area contributed by atoms with Crippen LogP contribution in [0.3, 0.4) is 0 Å². The molecule has 1 saturated heterocycles. The second kappa shape index (κ2) is 9.55. The molecule has 1 aromatic carbocycles. The number of benzene rings is 1. The predicted octanol–water partition coefficient (Wildman–Crippen LogP) is 3.96. The van der Waals surface area contributed by atoms with Gasteiger partial charge in [0.2, 0.25) is 0 Å². The highest BCUT2D eigenvalue weighted by Crippen LogP contribution is 2.32. The van der Waals surface area contributed by atoms with Crippen molar-refractivity contribution >= 4 is 5.97 Å². The third kappa shape index (κ3) is 6.21. The first-order valence-electron chi connectivity index (χ1n) is 9.42. The van der Waals surface area contributed by atoms with Crippen molar-refractivity contribution in [2.45, 2.75) is 57.9 Å². The van der Waals surface area contributed by atoms with Crippen molar-refractivity contribution in [3.8, 4) is 0 Å². The number of hydrogen-bond acceptors (Lipinski definition) is 4. The van der Waals surface area contributed by atoms with Crippen LogP contribution >= 0.6 is 0 Å². The van der Waals surface area contributed by atoms with Crippen LogP contribution in [0.1, 0.15) is 44.2 Å². The van der Waals surface area contributed by atoms with Gasteiger partial charge in [-0.3, -0.25) is 4.79 Å². The van der Waals surface area contributed by atoms with Gasteiger partial charge in [0.05, 0.1) is 18.8 Å². The van der Waals surface area contributed by atoms with Crippen LogP contribution in [0.25, 0.3) is 0 Å². The summed E-state index contributed by atoms with van der Waals surface area (Å²) in [5, 5.41) is 0. The molecule has 0 amide bonds. The Morgan fingerprint density at radius 2 is 1.85 bits per heavy atom. The number of nitrogens with two attached hydrogens (primary N) is 1. The molecule has 0 bridgehead atoms. The third-order valence-corrected chi connectivity index (χ3v) is 5.11. The zero-order chi connectivity index (χ0) is 20.0. The predicted molar refractivity (Wildman–Crippen MR) is 96.0 cm³/mol. The number of unbranched alkanes of at least 4 members (excludes halogenated alkanes) is 1. The Balaban J connectivity index is 2.19. The lowest BCUT2D eigenvalue weighted by Gasteiger charge is -2.31. The lowest BCUT2D eigenvalue weighted by atomic mass is 9.80. The minimum atomic E-state index is -4.34. The van der Waals surface area contributed by atoms with Crippen LogP contribution in [0.5, 0.6) is 0 Å². The van der Waals surface area contributed by atoms with E-state index in [9.17, 15) is 18.0 Å². The number of cyclic esters (lactones) is 1. The Bertz CT molecular complexity index is 603. The summed E-state index contributed by atoms with van der Waals surface area (Å²) in [6.07, 6.45) is -1.27. The topological polar surface area (TPSA) is 61.5 Å². The fourth-order valence-electron chi connectivity index (χ4n) is 3.53. The summed E-state index contributed by atoms with van der Waals surface area (Å²) in [5.74, 6) is -0.387. The van der Waals surface area contributed by atoms with Gasteiger partial charge >= 0.3 is 12.1 Å². The molecule has 0 radical (unpaired) electrons. The van der Waals surface area contributed by atoms with Gasteiger partial charge in [-0.15, -0.1) is 0 Å². The van der Waals surface area contributed by atoms with E-state index in [0.717, 1.165) is 37.0 Å². The van der Waals surface area contributed by atoms with Gasteiger partial charge in [0.15, 0.2) is 0 Å². The largest absolute Gasteiger partial charge is 0.461 e. The molecule has 27 heavy (non-hydrogen) atoms. The normalized spacial score (nSPS) is 27.4. The highest BCUT2D eigenvalue weighted by atomic mass is 19.4. The van der Waals surface area contributed by atoms with Crippen molar-refractivity contribution in [1.82, 2.24) is 0 Å². The van der Waals surface area contributed by atoms with E-state index in [-0.39, 0.29) is 24.5 Å². The highest BCUT2D eigenvalue weighted by molar-refractivity contribution is 5.75. The number of rotatable bonds is 5. The minimum Gasteiger partial charge on any atom is -0.461 e. The van der Waals surface area contributed by atoms with Gasteiger partial charge in [-0.05, 0) is 43.4 Å². The third-order valence-electron chi connectivity index (χ3n) is 5.11. The van der Waals surface area contributed by atoms with Crippen LogP contribution < -0.4 is 5.73 Å². The van der Waals surface area contributed by atoms with Crippen LogP contribution in [0.2, 0.25) is 0 Å². The van der Waals surface area contributed by atoms with Crippen LogP contribution in [-0.2, 0) is 26.9 Å². The summed E-state index contributed by atoms with van der Waals surface area (Å²) in [6.45, 7) is 4.42. The van der Waals surface area contributed by atoms with Crippen LogP contribution in [0.15, 0.2) is 24.3 Å². The lowest BCUT2D eigenvalue weighted by molar-refractivity contribution is -0.153. The maximum atomic E-state index is 12.8. The van der Waals surface area contributed by atoms with E-state index in [1.807, 2.05) is 6.92 Å². The Morgan fingerprint density at radius 3 is 2.44 bits per heavy atom. The molecule has 1 heterocycles. The fourth-order valence-corrected chi connectivity index (χ4v) is 3.53. The number of hydrogen-bond donors (Lipinski definition) is 1. The van der Waals surface area contributed by atoms with Crippen molar-refractivity contribution < 1.29 is 27.4 Å². The standard InChI is InChI=1S/C20H28F3NO3/c1-3-4-5-17-13(2)27-19(25)18(24)12-26-11-15(17)10-14-6-8-16(9-7-14)20(21,22)23/h6-9,13,15,17-18H,3-5,10-12,24H2,1-2H3/t13-,15-,17-,18-/m0/s1. The molecule has 1 aliphatic rings. The van der Waals surface area contributed by atoms with Crippen molar-refractivity contribution in [2.24, 2.45) is 17.6 Å². The first kappa shape index (κ1) is 21.7. The number of carbonyl (C=O) groups excluding carboxylic acids is 1. The Labute approximate surface area is 158 Å². The van der Waals surface area contributed by atoms with Crippen molar-refractivity contribution in [3.05, 3.63) is 35.4 Å². The van der Waals surface area contributed by atoms with Gasteiger partial charge in [0, 0.05) is 5.92 Å². The molecule has 4 nitrogen and oxygen atoms in total. The molecule has 0 saturated carbocycles. The van der Waals surface area contributed by atoms with E-state index in [4.69, 9.17) is 15.2 Å². The number of esters is 1. The summed E-state index contributed by atoms with van der Waals surface area (Å²) >= 11 is 0. The second-order valence-corrected chi connectivity index (χ2v) is 7.25. The number of alkyl halides is 3. The number of halogens is 3. The van der Waals surface area contributed by atoms with E-state index < -0.39 is 23.8 Å².